The summed E-state index contributed by atoms with van der Waals surface area (Å²) in [7, 11) is 1.62. The van der Waals surface area contributed by atoms with Crippen LogP contribution in [0.1, 0.15) is 22.3 Å². The molecule has 0 saturated carbocycles. The summed E-state index contributed by atoms with van der Waals surface area (Å²) in [6.07, 6.45) is 0.879. The van der Waals surface area contributed by atoms with Gasteiger partial charge in [-0.3, -0.25) is 9.69 Å². The number of halogens is 1. The average Bonchev–Trinajstić information content (AvgIpc) is 3.21. The number of para-hydroxylation sites is 2. The number of carbonyl (C=O) groups is 1. The Labute approximate surface area is 181 Å². The van der Waals surface area contributed by atoms with E-state index in [1.807, 2.05) is 42.5 Å². The van der Waals surface area contributed by atoms with E-state index in [-0.39, 0.29) is 17.8 Å². The van der Waals surface area contributed by atoms with Crippen molar-refractivity contribution >= 4 is 5.91 Å². The molecule has 0 aromatic heterocycles. The zero-order valence-electron chi connectivity index (χ0n) is 17.4. The Morgan fingerprint density at radius 2 is 1.84 bits per heavy atom. The van der Waals surface area contributed by atoms with Crippen LogP contribution in [0.2, 0.25) is 0 Å². The average molecular weight is 420 g/mol. The lowest BCUT2D eigenvalue weighted by Gasteiger charge is -2.17. The van der Waals surface area contributed by atoms with E-state index in [2.05, 4.69) is 16.3 Å². The highest BCUT2D eigenvalue weighted by atomic mass is 19.1. The fourth-order valence-electron chi connectivity index (χ4n) is 3.76. The smallest absolute Gasteiger partial charge is 0.251 e. The molecule has 1 aliphatic rings. The quantitative estimate of drug-likeness (QED) is 0.606. The van der Waals surface area contributed by atoms with Crippen molar-refractivity contribution in [2.75, 3.05) is 20.2 Å². The van der Waals surface area contributed by atoms with Crippen molar-refractivity contribution in [2.24, 2.45) is 0 Å². The van der Waals surface area contributed by atoms with Crippen LogP contribution in [0.4, 0.5) is 4.39 Å². The van der Waals surface area contributed by atoms with Gasteiger partial charge in [-0.25, -0.2) is 4.39 Å². The first kappa shape index (κ1) is 20.9. The van der Waals surface area contributed by atoms with Crippen LogP contribution in [0.15, 0.2) is 72.8 Å². The highest BCUT2D eigenvalue weighted by Crippen LogP contribution is 2.31. The number of likely N-dealkylation sites (tertiary alicyclic amines) is 1. The summed E-state index contributed by atoms with van der Waals surface area (Å²) >= 11 is 0. The molecular weight excluding hydrogens is 395 g/mol. The van der Waals surface area contributed by atoms with Gasteiger partial charge in [0.1, 0.15) is 11.6 Å². The van der Waals surface area contributed by atoms with Crippen molar-refractivity contribution in [3.05, 3.63) is 89.7 Å². The summed E-state index contributed by atoms with van der Waals surface area (Å²) < 4.78 is 24.4. The topological polar surface area (TPSA) is 50.8 Å². The van der Waals surface area contributed by atoms with Crippen LogP contribution in [0.3, 0.4) is 0 Å². The molecule has 1 heterocycles. The fraction of sp³-hybridized carbons (Fsp3) is 0.240. The predicted octanol–water partition coefficient (Wildman–Crippen LogP) is 4.63. The molecule has 6 heteroatoms. The minimum atomic E-state index is -0.347. The molecule has 1 fully saturated rings. The molecule has 1 saturated heterocycles. The molecule has 1 aliphatic heterocycles. The minimum Gasteiger partial charge on any atom is -0.493 e. The number of methoxy groups -OCH3 is 1. The van der Waals surface area contributed by atoms with Gasteiger partial charge in [-0.15, -0.1) is 0 Å². The number of hydrogen-bond acceptors (Lipinski definition) is 4. The summed E-state index contributed by atoms with van der Waals surface area (Å²) in [4.78, 5) is 14.7. The van der Waals surface area contributed by atoms with Gasteiger partial charge < -0.3 is 14.8 Å². The van der Waals surface area contributed by atoms with E-state index in [0.717, 1.165) is 37.4 Å². The minimum absolute atomic E-state index is 0.0746. The molecule has 0 spiro atoms. The summed E-state index contributed by atoms with van der Waals surface area (Å²) in [5.41, 5.74) is 1.61. The largest absolute Gasteiger partial charge is 0.493 e. The molecule has 0 radical (unpaired) electrons. The van der Waals surface area contributed by atoms with E-state index in [9.17, 15) is 9.18 Å². The van der Waals surface area contributed by atoms with Crippen LogP contribution in [-0.2, 0) is 6.54 Å². The van der Waals surface area contributed by atoms with Crippen LogP contribution in [0.25, 0.3) is 0 Å². The summed E-state index contributed by atoms with van der Waals surface area (Å²) in [5.74, 6) is 1.60. The molecule has 3 aromatic carbocycles. The van der Waals surface area contributed by atoms with E-state index in [0.29, 0.717) is 17.1 Å². The fourth-order valence-corrected chi connectivity index (χ4v) is 3.76. The summed E-state index contributed by atoms with van der Waals surface area (Å²) in [6.45, 7) is 2.43. The van der Waals surface area contributed by atoms with Crippen molar-refractivity contribution in [1.29, 1.82) is 0 Å². The van der Waals surface area contributed by atoms with Gasteiger partial charge in [0.15, 0.2) is 11.5 Å². The zero-order valence-corrected chi connectivity index (χ0v) is 17.4. The number of ether oxygens (including phenoxy) is 2. The van der Waals surface area contributed by atoms with Crippen LogP contribution < -0.4 is 14.8 Å². The Kier molecular flexibility index (Phi) is 6.48. The van der Waals surface area contributed by atoms with Crippen molar-refractivity contribution in [1.82, 2.24) is 10.2 Å². The SMILES string of the molecule is COc1ccccc1Oc1cccc(CN2CC[C@@H](NC(=O)c3ccc(F)cc3)C2)c1. The van der Waals surface area contributed by atoms with Crippen LogP contribution >= 0.6 is 0 Å². The van der Waals surface area contributed by atoms with Gasteiger partial charge in [-0.2, -0.15) is 0 Å². The molecule has 0 bridgehead atoms. The first-order chi connectivity index (χ1) is 15.1. The van der Waals surface area contributed by atoms with E-state index < -0.39 is 0 Å². The van der Waals surface area contributed by atoms with E-state index >= 15 is 0 Å². The van der Waals surface area contributed by atoms with E-state index in [4.69, 9.17) is 9.47 Å². The molecule has 31 heavy (non-hydrogen) atoms. The molecule has 160 valence electrons. The van der Waals surface area contributed by atoms with E-state index in [1.54, 1.807) is 7.11 Å². The predicted molar refractivity (Wildman–Crippen MR) is 117 cm³/mol. The van der Waals surface area contributed by atoms with E-state index in [1.165, 1.54) is 24.3 Å². The highest BCUT2D eigenvalue weighted by molar-refractivity contribution is 5.94. The molecule has 1 N–H and O–H groups in total. The number of amides is 1. The number of nitrogens with zero attached hydrogens (tertiary/aromatic N) is 1. The van der Waals surface area contributed by atoms with Crippen molar-refractivity contribution < 1.29 is 18.7 Å². The normalized spacial score (nSPS) is 16.1. The van der Waals surface area contributed by atoms with Gasteiger partial charge in [-0.05, 0) is 60.5 Å². The van der Waals surface area contributed by atoms with Gasteiger partial charge in [-0.1, -0.05) is 24.3 Å². The monoisotopic (exact) mass is 420 g/mol. The molecule has 0 aliphatic carbocycles. The van der Waals surface area contributed by atoms with Crippen LogP contribution in [-0.4, -0.2) is 37.0 Å². The third-order valence-corrected chi connectivity index (χ3v) is 5.32. The zero-order chi connectivity index (χ0) is 21.6. The Hall–Kier alpha value is -3.38. The molecule has 1 amide bonds. The first-order valence-corrected chi connectivity index (χ1v) is 10.3. The molecule has 1 atom stereocenters. The second kappa shape index (κ2) is 9.62. The molecular formula is C25H25FN2O3. The van der Waals surface area contributed by atoms with Gasteiger partial charge >= 0.3 is 0 Å². The lowest BCUT2D eigenvalue weighted by atomic mass is 10.2. The Morgan fingerprint density at radius 1 is 1.06 bits per heavy atom. The lowest BCUT2D eigenvalue weighted by Crippen LogP contribution is -2.36. The number of benzene rings is 3. The number of rotatable bonds is 7. The standard InChI is InChI=1S/C25H25FN2O3/c1-30-23-7-2-3-8-24(23)31-22-6-4-5-18(15-22)16-28-14-13-21(17-28)27-25(29)19-9-11-20(26)12-10-19/h2-12,15,21H,13-14,16-17H2,1H3,(H,27,29)/t21-/m1/s1. The van der Waals surface area contributed by atoms with Gasteiger partial charge in [0.2, 0.25) is 0 Å². The third kappa shape index (κ3) is 5.41. The maximum Gasteiger partial charge on any atom is 0.251 e. The second-order valence-corrected chi connectivity index (χ2v) is 7.60. The summed E-state index contributed by atoms with van der Waals surface area (Å²) in [6, 6.07) is 21.2. The van der Waals surface area contributed by atoms with Crippen molar-refractivity contribution in [3.63, 3.8) is 0 Å². The van der Waals surface area contributed by atoms with Gasteiger partial charge in [0, 0.05) is 31.2 Å². The highest BCUT2D eigenvalue weighted by Gasteiger charge is 2.24. The molecule has 5 nitrogen and oxygen atoms in total. The third-order valence-electron chi connectivity index (χ3n) is 5.32. The van der Waals surface area contributed by atoms with Gasteiger partial charge in [0.25, 0.3) is 5.91 Å². The first-order valence-electron chi connectivity index (χ1n) is 10.3. The Balaban J connectivity index is 1.33. The maximum absolute atomic E-state index is 13.0. The molecule has 3 aromatic rings. The summed E-state index contributed by atoms with van der Waals surface area (Å²) in [5, 5.41) is 3.05. The van der Waals surface area contributed by atoms with Crippen LogP contribution in [0.5, 0.6) is 17.2 Å². The molecule has 0 unspecified atom stereocenters. The van der Waals surface area contributed by atoms with Crippen molar-refractivity contribution in [2.45, 2.75) is 19.0 Å². The van der Waals surface area contributed by atoms with Gasteiger partial charge in [0.05, 0.1) is 7.11 Å². The van der Waals surface area contributed by atoms with Crippen molar-refractivity contribution in [3.8, 4) is 17.2 Å². The maximum atomic E-state index is 13.0. The number of hydrogen-bond donors (Lipinski definition) is 1. The number of nitrogens with one attached hydrogen (secondary N) is 1. The lowest BCUT2D eigenvalue weighted by molar-refractivity contribution is 0.0937. The molecule has 4 rings (SSSR count). The number of carbonyl (C=O) groups excluding carboxylic acids is 1. The Morgan fingerprint density at radius 3 is 2.61 bits per heavy atom. The second-order valence-electron chi connectivity index (χ2n) is 7.60. The van der Waals surface area contributed by atoms with Crippen LogP contribution in [0, 0.1) is 5.82 Å². The Bertz CT molecular complexity index is 1040.